The number of nitrogens with two attached hydrogens (primary N) is 2. The number of hydrogen-bond donors (Lipinski definition) is 2. The Morgan fingerprint density at radius 1 is 1.56 bits per heavy atom. The molecule has 0 spiro atoms. The maximum absolute atomic E-state index is 10.9. The van der Waals surface area contributed by atoms with Crippen molar-refractivity contribution in [1.82, 2.24) is 0 Å². The van der Waals surface area contributed by atoms with E-state index in [4.69, 9.17) is 10.3 Å². The Morgan fingerprint density at radius 2 is 2.00 bits per heavy atom. The molecule has 0 bridgehead atoms. The fraction of sp³-hybridized carbons (Fsp3) is 0. The van der Waals surface area contributed by atoms with Gasteiger partial charge in [-0.25, -0.2) is 0 Å². The summed E-state index contributed by atoms with van der Waals surface area (Å²) in [6.07, 6.45) is 1.06. The summed E-state index contributed by atoms with van der Waals surface area (Å²) in [6.45, 7) is 3.21. The molecule has 4 nitrogen and oxygen atoms in total. The van der Waals surface area contributed by atoms with E-state index in [1.165, 1.54) is 0 Å². The van der Waals surface area contributed by atoms with Crippen LogP contribution in [0.15, 0.2) is 12.8 Å². The molecule has 0 aromatic rings. The van der Waals surface area contributed by atoms with E-state index < -0.39 is 5.77 Å². The van der Waals surface area contributed by atoms with Crippen LogP contribution in [0.1, 0.15) is 0 Å². The van der Waals surface area contributed by atoms with Crippen LogP contribution < -0.4 is 10.3 Å². The highest BCUT2D eigenvalue weighted by molar-refractivity contribution is 8.88. The highest BCUT2D eigenvalue weighted by Crippen LogP contribution is 2.65. The SMILES string of the molecule is C=COP(=O)(SN)SN. The van der Waals surface area contributed by atoms with Crippen LogP contribution in [0.2, 0.25) is 0 Å². The first-order valence-electron chi connectivity index (χ1n) is 1.85. The van der Waals surface area contributed by atoms with Gasteiger partial charge < -0.3 is 4.52 Å². The van der Waals surface area contributed by atoms with Crippen LogP contribution in [0.3, 0.4) is 0 Å². The van der Waals surface area contributed by atoms with E-state index in [1.807, 2.05) is 0 Å². The monoisotopic (exact) mass is 186 g/mol. The quantitative estimate of drug-likeness (QED) is 0.393. The van der Waals surface area contributed by atoms with Crippen molar-refractivity contribution in [3.05, 3.63) is 12.8 Å². The lowest BCUT2D eigenvalue weighted by atomic mass is 11.2. The van der Waals surface area contributed by atoms with Crippen molar-refractivity contribution in [1.29, 1.82) is 0 Å². The molecule has 0 radical (unpaired) electrons. The minimum Gasteiger partial charge on any atom is -0.436 e. The minimum atomic E-state index is -2.91. The van der Waals surface area contributed by atoms with Crippen molar-refractivity contribution in [2.24, 2.45) is 10.3 Å². The molecule has 0 rings (SSSR count). The summed E-state index contributed by atoms with van der Waals surface area (Å²) < 4.78 is 15.5. The third kappa shape index (κ3) is 3.17. The lowest BCUT2D eigenvalue weighted by Crippen LogP contribution is -1.84. The normalized spacial score (nSPS) is 10.9. The third-order valence-electron chi connectivity index (χ3n) is 0.462. The molecule has 0 atom stereocenters. The van der Waals surface area contributed by atoms with Crippen molar-refractivity contribution in [2.75, 3.05) is 0 Å². The van der Waals surface area contributed by atoms with Gasteiger partial charge in [0.25, 0.3) is 0 Å². The lowest BCUT2D eigenvalue weighted by Gasteiger charge is -2.07. The van der Waals surface area contributed by atoms with E-state index in [9.17, 15) is 4.57 Å². The summed E-state index contributed by atoms with van der Waals surface area (Å²) in [5, 5.41) is 9.97. The third-order valence-corrected chi connectivity index (χ3v) is 5.00. The fourth-order valence-corrected chi connectivity index (χ4v) is 1.76. The second-order valence-electron chi connectivity index (χ2n) is 0.930. The zero-order chi connectivity index (χ0) is 7.33. The van der Waals surface area contributed by atoms with Crippen molar-refractivity contribution >= 4 is 28.9 Å². The molecule has 0 fully saturated rings. The highest BCUT2D eigenvalue weighted by Gasteiger charge is 2.20. The maximum atomic E-state index is 10.9. The summed E-state index contributed by atoms with van der Waals surface area (Å²) in [5.41, 5.74) is 0. The van der Waals surface area contributed by atoms with Gasteiger partial charge in [-0.2, -0.15) is 0 Å². The van der Waals surface area contributed by atoms with E-state index in [0.717, 1.165) is 6.26 Å². The molecule has 0 aliphatic rings. The largest absolute Gasteiger partial charge is 0.436 e. The summed E-state index contributed by atoms with van der Waals surface area (Å²) in [4.78, 5) is 0. The van der Waals surface area contributed by atoms with Gasteiger partial charge in [0.2, 0.25) is 0 Å². The highest BCUT2D eigenvalue weighted by atomic mass is 33.1. The van der Waals surface area contributed by atoms with Crippen LogP contribution in [0.25, 0.3) is 0 Å². The van der Waals surface area contributed by atoms with Gasteiger partial charge in [-0.15, -0.1) is 0 Å². The smallest absolute Gasteiger partial charge is 0.387 e. The van der Waals surface area contributed by atoms with Gasteiger partial charge in [-0.05, 0) is 0 Å². The van der Waals surface area contributed by atoms with Crippen LogP contribution in [0, 0.1) is 0 Å². The molecule has 0 saturated heterocycles. The Balaban J connectivity index is 3.93. The summed E-state index contributed by atoms with van der Waals surface area (Å²) in [6, 6.07) is 0. The van der Waals surface area contributed by atoms with E-state index in [-0.39, 0.29) is 0 Å². The summed E-state index contributed by atoms with van der Waals surface area (Å²) in [5.74, 6) is -2.91. The predicted octanol–water partition coefficient (Wildman–Crippen LogP) is 1.47. The maximum Gasteiger partial charge on any atom is 0.387 e. The van der Waals surface area contributed by atoms with Gasteiger partial charge in [0.05, 0.1) is 6.26 Å². The summed E-state index contributed by atoms with van der Waals surface area (Å²) >= 11 is 1.19. The number of hydrogen-bond acceptors (Lipinski definition) is 6. The van der Waals surface area contributed by atoms with Gasteiger partial charge in [0.15, 0.2) is 0 Å². The predicted molar refractivity (Wildman–Crippen MR) is 42.4 cm³/mol. The van der Waals surface area contributed by atoms with E-state index in [0.29, 0.717) is 23.1 Å². The molecule has 0 saturated carbocycles. The van der Waals surface area contributed by atoms with Crippen LogP contribution >= 0.6 is 28.9 Å². The average Bonchev–Trinajstić information content (AvgIpc) is 1.89. The molecular formula is C2H7N2O2PS2. The Morgan fingerprint density at radius 3 is 2.11 bits per heavy atom. The molecule has 0 unspecified atom stereocenters. The minimum absolute atomic E-state index is 0.597. The van der Waals surface area contributed by atoms with Crippen LogP contribution in [-0.2, 0) is 9.09 Å². The van der Waals surface area contributed by atoms with Gasteiger partial charge in [-0.1, -0.05) is 6.58 Å². The molecule has 0 heterocycles. The van der Waals surface area contributed by atoms with E-state index in [2.05, 4.69) is 11.1 Å². The summed E-state index contributed by atoms with van der Waals surface area (Å²) in [7, 11) is 0. The molecule has 0 amide bonds. The Labute approximate surface area is 61.6 Å². The lowest BCUT2D eigenvalue weighted by molar-refractivity contribution is 0.474. The fourth-order valence-electron chi connectivity index (χ4n) is 0.166. The molecule has 9 heavy (non-hydrogen) atoms. The molecule has 54 valence electrons. The first kappa shape index (κ1) is 9.39. The van der Waals surface area contributed by atoms with Gasteiger partial charge in [-0.3, -0.25) is 14.8 Å². The first-order chi connectivity index (χ1) is 4.18. The second kappa shape index (κ2) is 4.24. The van der Waals surface area contributed by atoms with Crippen LogP contribution in [0.5, 0.6) is 0 Å². The molecule has 0 aliphatic carbocycles. The van der Waals surface area contributed by atoms with Crippen molar-refractivity contribution in [2.45, 2.75) is 0 Å². The average molecular weight is 186 g/mol. The van der Waals surface area contributed by atoms with Crippen molar-refractivity contribution < 1.29 is 9.09 Å². The molecule has 0 aromatic carbocycles. The van der Waals surface area contributed by atoms with Crippen molar-refractivity contribution in [3.63, 3.8) is 0 Å². The first-order valence-corrected chi connectivity index (χ1v) is 6.44. The van der Waals surface area contributed by atoms with Gasteiger partial charge in [0.1, 0.15) is 0 Å². The van der Waals surface area contributed by atoms with Crippen molar-refractivity contribution in [3.8, 4) is 0 Å². The zero-order valence-electron chi connectivity index (χ0n) is 4.52. The topological polar surface area (TPSA) is 78.3 Å². The molecule has 7 heteroatoms. The molecule has 4 N–H and O–H groups in total. The van der Waals surface area contributed by atoms with Crippen LogP contribution in [-0.4, -0.2) is 0 Å². The van der Waals surface area contributed by atoms with Gasteiger partial charge >= 0.3 is 5.77 Å². The second-order valence-corrected chi connectivity index (χ2v) is 7.30. The van der Waals surface area contributed by atoms with Gasteiger partial charge in [0, 0.05) is 23.1 Å². The molecule has 0 aromatic heterocycles. The Hall–Kier alpha value is 0.390. The Kier molecular flexibility index (Phi) is 4.43. The van der Waals surface area contributed by atoms with Crippen LogP contribution in [0.4, 0.5) is 0 Å². The standard InChI is InChI=1S/C2H7N2O2PS2/c1-2-6-7(5,8-3)9-4/h2H,1,3-4H2. The van der Waals surface area contributed by atoms with E-state index >= 15 is 0 Å². The zero-order valence-corrected chi connectivity index (χ0v) is 7.05. The molecule has 0 aliphatic heterocycles. The van der Waals surface area contributed by atoms with E-state index in [1.54, 1.807) is 0 Å². The number of rotatable bonds is 4. The Bertz CT molecular complexity index is 133. The molecular weight excluding hydrogens is 179 g/mol.